The molecule has 3 aromatic carbocycles. The fraction of sp³-hybridized carbons (Fsp3) is 0.115. The highest BCUT2D eigenvalue weighted by Crippen LogP contribution is 2.29. The van der Waals surface area contributed by atoms with Crippen molar-refractivity contribution in [2.24, 2.45) is 0 Å². The van der Waals surface area contributed by atoms with Crippen LogP contribution < -0.4 is 0 Å². The minimum absolute atomic E-state index is 0. The summed E-state index contributed by atoms with van der Waals surface area (Å²) in [6.07, 6.45) is 3.76. The maximum absolute atomic E-state index is 13.4. The van der Waals surface area contributed by atoms with Crippen molar-refractivity contribution in [3.63, 3.8) is 0 Å². The van der Waals surface area contributed by atoms with E-state index in [2.05, 4.69) is 48.9 Å². The number of likely N-dealkylation sites (tertiary alicyclic amines) is 1. The van der Waals surface area contributed by atoms with Crippen LogP contribution in [0.25, 0.3) is 12.2 Å². The van der Waals surface area contributed by atoms with Crippen molar-refractivity contribution in [1.82, 2.24) is 4.90 Å². The molecule has 0 unspecified atom stereocenters. The maximum atomic E-state index is 13.4. The van der Waals surface area contributed by atoms with E-state index in [9.17, 15) is 15.0 Å². The summed E-state index contributed by atoms with van der Waals surface area (Å²) in [4.78, 5) is 15.6. The minimum atomic E-state index is 0. The Hall–Kier alpha value is -2.38. The third kappa shape index (κ3) is 6.36. The van der Waals surface area contributed by atoms with Gasteiger partial charge in [0.05, 0.1) is 8.95 Å². The quantitative estimate of drug-likeness (QED) is 0.336. The van der Waals surface area contributed by atoms with E-state index in [0.29, 0.717) is 33.2 Å². The molecule has 4 nitrogen and oxygen atoms in total. The van der Waals surface area contributed by atoms with Gasteiger partial charge in [0.25, 0.3) is 0 Å². The monoisotopic (exact) mass is 589 g/mol. The zero-order valence-electron chi connectivity index (χ0n) is 17.5. The maximum Gasteiger partial charge on any atom is 0.187 e. The van der Waals surface area contributed by atoms with Gasteiger partial charge in [0.1, 0.15) is 11.5 Å². The Kier molecular flexibility index (Phi) is 8.54. The number of hydrogen-bond acceptors (Lipinski definition) is 4. The van der Waals surface area contributed by atoms with Crippen molar-refractivity contribution in [3.05, 3.63) is 104 Å². The number of nitrogens with zero attached hydrogens (tertiary/aromatic N) is 1. The summed E-state index contributed by atoms with van der Waals surface area (Å²) in [6, 6.07) is 20.6. The van der Waals surface area contributed by atoms with Crippen LogP contribution in [0.1, 0.15) is 16.7 Å². The first-order valence-electron chi connectivity index (χ1n) is 10.1. The molecule has 4 rings (SSSR count). The molecule has 1 heterocycles. The Balaban J connectivity index is 0.00000306. The van der Waals surface area contributed by atoms with Crippen LogP contribution in [0, 0.1) is 0 Å². The molecule has 2 N–H and O–H groups in total. The van der Waals surface area contributed by atoms with Gasteiger partial charge in [0.15, 0.2) is 5.78 Å². The first kappa shape index (κ1) is 25.2. The highest BCUT2D eigenvalue weighted by molar-refractivity contribution is 9.10. The zero-order valence-corrected chi connectivity index (χ0v) is 21.5. The first-order chi connectivity index (χ1) is 15.4. The summed E-state index contributed by atoms with van der Waals surface area (Å²) in [5.41, 5.74) is 4.24. The van der Waals surface area contributed by atoms with Gasteiger partial charge in [0, 0.05) is 30.8 Å². The van der Waals surface area contributed by atoms with Crippen LogP contribution in [0.4, 0.5) is 0 Å². The largest absolute Gasteiger partial charge is 0.507 e. The normalized spacial score (nSPS) is 16.7. The molecule has 170 valence electrons. The van der Waals surface area contributed by atoms with E-state index < -0.39 is 0 Å². The lowest BCUT2D eigenvalue weighted by Gasteiger charge is -2.30. The predicted octanol–water partition coefficient (Wildman–Crippen LogP) is 6.60. The number of rotatable bonds is 4. The van der Waals surface area contributed by atoms with Crippen LogP contribution in [-0.2, 0) is 11.3 Å². The van der Waals surface area contributed by atoms with E-state index in [-0.39, 0.29) is 29.7 Å². The molecule has 1 aliphatic rings. The lowest BCUT2D eigenvalue weighted by molar-refractivity contribution is -0.113. The van der Waals surface area contributed by atoms with Gasteiger partial charge in [-0.25, -0.2) is 0 Å². The van der Waals surface area contributed by atoms with Crippen LogP contribution in [0.5, 0.6) is 11.5 Å². The van der Waals surface area contributed by atoms with E-state index >= 15 is 0 Å². The van der Waals surface area contributed by atoms with Crippen molar-refractivity contribution in [2.45, 2.75) is 6.54 Å². The zero-order chi connectivity index (χ0) is 22.7. The number of phenols is 2. The van der Waals surface area contributed by atoms with Gasteiger partial charge in [-0.05, 0) is 85.0 Å². The third-order valence-corrected chi connectivity index (χ3v) is 6.52. The van der Waals surface area contributed by atoms with Crippen LogP contribution in [0.2, 0.25) is 0 Å². The van der Waals surface area contributed by atoms with Crippen molar-refractivity contribution < 1.29 is 15.0 Å². The Morgan fingerprint density at radius 2 is 1.27 bits per heavy atom. The summed E-state index contributed by atoms with van der Waals surface area (Å²) in [6.45, 7) is 1.78. The number of halogens is 3. The number of hydrogen-bond donors (Lipinski definition) is 2. The fourth-order valence-corrected chi connectivity index (χ4v) is 4.48. The van der Waals surface area contributed by atoms with Crippen LogP contribution >= 0.6 is 44.3 Å². The van der Waals surface area contributed by atoms with Crippen LogP contribution in [0.15, 0.2) is 86.8 Å². The number of carbonyl (C=O) groups is 1. The lowest BCUT2D eigenvalue weighted by atomic mass is 9.94. The topological polar surface area (TPSA) is 60.8 Å². The molecular weight excluding hydrogens is 570 g/mol. The van der Waals surface area contributed by atoms with E-state index in [1.54, 1.807) is 36.4 Å². The highest BCUT2D eigenvalue weighted by atomic mass is 79.9. The van der Waals surface area contributed by atoms with Gasteiger partial charge >= 0.3 is 0 Å². The summed E-state index contributed by atoms with van der Waals surface area (Å²) in [5.74, 6) is 0.320. The molecule has 1 aliphatic heterocycles. The molecule has 1 saturated heterocycles. The second-order valence-electron chi connectivity index (χ2n) is 7.72. The van der Waals surface area contributed by atoms with E-state index in [1.807, 2.05) is 30.4 Å². The number of Topliss-reactive ketones (excluding diaryl/α,β-unsaturated/α-hetero) is 1. The Bertz CT molecular complexity index is 1150. The molecule has 3 aromatic rings. The van der Waals surface area contributed by atoms with Crippen LogP contribution in [-0.4, -0.2) is 34.0 Å². The minimum Gasteiger partial charge on any atom is -0.507 e. The lowest BCUT2D eigenvalue weighted by Crippen LogP contribution is -2.37. The fourth-order valence-electron chi connectivity index (χ4n) is 3.69. The van der Waals surface area contributed by atoms with Gasteiger partial charge in [0.2, 0.25) is 0 Å². The third-order valence-electron chi connectivity index (χ3n) is 5.25. The summed E-state index contributed by atoms with van der Waals surface area (Å²) >= 11 is 6.68. The number of carbonyl (C=O) groups excluding carboxylic acids is 1. The van der Waals surface area contributed by atoms with Crippen molar-refractivity contribution in [2.75, 3.05) is 13.1 Å². The van der Waals surface area contributed by atoms with Gasteiger partial charge in [-0.15, -0.1) is 12.4 Å². The molecule has 33 heavy (non-hydrogen) atoms. The van der Waals surface area contributed by atoms with E-state index in [4.69, 9.17) is 0 Å². The molecule has 7 heteroatoms. The molecule has 0 bridgehead atoms. The molecule has 0 radical (unpaired) electrons. The summed E-state index contributed by atoms with van der Waals surface area (Å²) in [5, 5.41) is 19.6. The Labute approximate surface area is 215 Å². The summed E-state index contributed by atoms with van der Waals surface area (Å²) < 4.78 is 1.17. The number of piperidine rings is 1. The van der Waals surface area contributed by atoms with E-state index in [0.717, 1.165) is 17.7 Å². The molecule has 0 amide bonds. The molecule has 1 fully saturated rings. The van der Waals surface area contributed by atoms with Gasteiger partial charge in [-0.1, -0.05) is 42.5 Å². The number of phenolic OH excluding ortho intramolecular Hbond substituents is 2. The standard InChI is InChI=1S/C26H21Br2NO3.ClH/c27-22-12-18(6-8-24(22)30)10-20-15-29(14-17-4-2-1-3-5-17)16-21(26(20)32)11-19-7-9-25(31)23(28)13-19;/h1-13,30-31H,14-16H2;1H. The second-order valence-corrected chi connectivity index (χ2v) is 9.43. The number of ketones is 1. The number of benzene rings is 3. The van der Waals surface area contributed by atoms with Crippen molar-refractivity contribution >= 4 is 62.2 Å². The molecule has 0 saturated carbocycles. The van der Waals surface area contributed by atoms with E-state index in [1.165, 1.54) is 5.56 Å². The summed E-state index contributed by atoms with van der Waals surface area (Å²) in [7, 11) is 0. The predicted molar refractivity (Wildman–Crippen MR) is 142 cm³/mol. The molecular formula is C26H22Br2ClNO3. The van der Waals surface area contributed by atoms with Crippen molar-refractivity contribution in [1.29, 1.82) is 0 Å². The smallest absolute Gasteiger partial charge is 0.187 e. The van der Waals surface area contributed by atoms with Gasteiger partial charge in [-0.3, -0.25) is 9.69 Å². The highest BCUT2D eigenvalue weighted by Gasteiger charge is 2.26. The first-order valence-corrected chi connectivity index (χ1v) is 11.7. The molecule has 0 spiro atoms. The van der Waals surface area contributed by atoms with Gasteiger partial charge in [-0.2, -0.15) is 0 Å². The number of aromatic hydroxyl groups is 2. The average Bonchev–Trinajstić information content (AvgIpc) is 2.77. The average molecular weight is 592 g/mol. The molecule has 0 atom stereocenters. The Morgan fingerprint density at radius 1 is 0.788 bits per heavy atom. The molecule has 0 aliphatic carbocycles. The van der Waals surface area contributed by atoms with Crippen molar-refractivity contribution in [3.8, 4) is 11.5 Å². The van der Waals surface area contributed by atoms with Gasteiger partial charge < -0.3 is 10.2 Å². The Morgan fingerprint density at radius 3 is 1.73 bits per heavy atom. The second kappa shape index (κ2) is 11.2. The van der Waals surface area contributed by atoms with Crippen LogP contribution in [0.3, 0.4) is 0 Å². The SMILES string of the molecule is Cl.O=C1C(=Cc2ccc(O)c(Br)c2)CN(Cc2ccccc2)CC1=Cc1ccc(O)c(Br)c1. The molecule has 0 aromatic heterocycles.